The molecular formula is C13H18N4O3S. The number of aromatic nitrogens is 2. The molecule has 0 unspecified atom stereocenters. The summed E-state index contributed by atoms with van der Waals surface area (Å²) in [5.74, 6) is -0.395. The first-order valence-electron chi connectivity index (χ1n) is 6.44. The van der Waals surface area contributed by atoms with Crippen LogP contribution >= 0.6 is 0 Å². The number of hydrogen-bond acceptors (Lipinski definition) is 4. The van der Waals surface area contributed by atoms with E-state index in [0.29, 0.717) is 5.69 Å². The van der Waals surface area contributed by atoms with Crippen molar-refractivity contribution < 1.29 is 13.2 Å². The molecule has 8 heteroatoms. The molecule has 2 aromatic rings. The number of sulfonamides is 1. The maximum absolute atomic E-state index is 11.8. The van der Waals surface area contributed by atoms with E-state index in [-0.39, 0.29) is 6.54 Å². The summed E-state index contributed by atoms with van der Waals surface area (Å²) >= 11 is 0. The lowest BCUT2D eigenvalue weighted by Gasteiger charge is -2.11. The maximum atomic E-state index is 11.8. The van der Waals surface area contributed by atoms with E-state index in [1.54, 1.807) is 0 Å². The van der Waals surface area contributed by atoms with E-state index in [9.17, 15) is 13.2 Å². The number of nitrogens with one attached hydrogen (secondary N) is 2. The fourth-order valence-corrected chi connectivity index (χ4v) is 2.70. The van der Waals surface area contributed by atoms with Crippen LogP contribution in [-0.2, 0) is 21.4 Å². The van der Waals surface area contributed by atoms with Crippen molar-refractivity contribution in [2.75, 3.05) is 6.26 Å². The molecule has 2 rings (SSSR count). The molecule has 0 radical (unpaired) electrons. The highest BCUT2D eigenvalue weighted by Gasteiger charge is 2.16. The van der Waals surface area contributed by atoms with E-state index in [4.69, 9.17) is 0 Å². The minimum atomic E-state index is -3.41. The van der Waals surface area contributed by atoms with Gasteiger partial charge in [0, 0.05) is 12.4 Å². The standard InChI is InChI=1S/C13H18N4O3S/c1-9-4-5-12-15-11(8-17(12)7-9)6-14-13(18)10(2)16-21(3,19)20/h4-5,7-8,10,16H,6H2,1-3H3,(H,14,18)/t10-/m0/s1. The molecule has 0 aliphatic carbocycles. The van der Waals surface area contributed by atoms with Crippen molar-refractivity contribution in [2.45, 2.75) is 26.4 Å². The smallest absolute Gasteiger partial charge is 0.238 e. The molecule has 21 heavy (non-hydrogen) atoms. The molecule has 0 aliphatic rings. The third-order valence-electron chi connectivity index (χ3n) is 2.88. The maximum Gasteiger partial charge on any atom is 0.238 e. The van der Waals surface area contributed by atoms with Gasteiger partial charge in [-0.25, -0.2) is 18.1 Å². The van der Waals surface area contributed by atoms with E-state index >= 15 is 0 Å². The minimum Gasteiger partial charge on any atom is -0.349 e. The molecule has 2 N–H and O–H groups in total. The van der Waals surface area contributed by atoms with Crippen molar-refractivity contribution in [3.05, 3.63) is 35.8 Å². The Morgan fingerprint density at radius 1 is 1.38 bits per heavy atom. The molecule has 0 saturated carbocycles. The fourth-order valence-electron chi connectivity index (χ4n) is 1.95. The van der Waals surface area contributed by atoms with Crippen LogP contribution in [0.3, 0.4) is 0 Å². The molecule has 1 atom stereocenters. The van der Waals surface area contributed by atoms with Crippen LogP contribution in [0, 0.1) is 6.92 Å². The van der Waals surface area contributed by atoms with Gasteiger partial charge in [0.2, 0.25) is 15.9 Å². The molecule has 0 aromatic carbocycles. The van der Waals surface area contributed by atoms with Gasteiger partial charge in [0.1, 0.15) is 5.65 Å². The third-order valence-corrected chi connectivity index (χ3v) is 3.66. The Hall–Kier alpha value is -1.93. The van der Waals surface area contributed by atoms with E-state index < -0.39 is 22.0 Å². The molecule has 0 aliphatic heterocycles. The van der Waals surface area contributed by atoms with Crippen molar-refractivity contribution in [3.63, 3.8) is 0 Å². The van der Waals surface area contributed by atoms with E-state index in [1.807, 2.05) is 35.9 Å². The van der Waals surface area contributed by atoms with Crippen LogP contribution < -0.4 is 10.0 Å². The Morgan fingerprint density at radius 3 is 2.76 bits per heavy atom. The molecule has 0 spiro atoms. The van der Waals surface area contributed by atoms with E-state index in [1.165, 1.54) is 6.92 Å². The number of carbonyl (C=O) groups is 1. The molecular weight excluding hydrogens is 292 g/mol. The van der Waals surface area contributed by atoms with E-state index in [0.717, 1.165) is 17.5 Å². The second kappa shape index (κ2) is 5.82. The third kappa shape index (κ3) is 4.27. The molecule has 0 bridgehead atoms. The number of rotatable bonds is 5. The number of imidazole rings is 1. The summed E-state index contributed by atoms with van der Waals surface area (Å²) in [7, 11) is -3.41. The minimum absolute atomic E-state index is 0.245. The van der Waals surface area contributed by atoms with Gasteiger partial charge in [-0.2, -0.15) is 0 Å². The first-order valence-corrected chi connectivity index (χ1v) is 8.33. The van der Waals surface area contributed by atoms with Gasteiger partial charge in [0.15, 0.2) is 0 Å². The topological polar surface area (TPSA) is 92.6 Å². The fraction of sp³-hybridized carbons (Fsp3) is 0.385. The van der Waals surface area contributed by atoms with Crippen LogP contribution in [0.4, 0.5) is 0 Å². The van der Waals surface area contributed by atoms with Crippen molar-refractivity contribution >= 4 is 21.6 Å². The van der Waals surface area contributed by atoms with Gasteiger partial charge in [0.05, 0.1) is 24.5 Å². The van der Waals surface area contributed by atoms with E-state index in [2.05, 4.69) is 15.0 Å². The Kier molecular flexibility index (Phi) is 4.29. The zero-order valence-corrected chi connectivity index (χ0v) is 12.9. The molecule has 0 saturated heterocycles. The summed E-state index contributed by atoms with van der Waals surface area (Å²) in [6.45, 7) is 3.72. The number of carbonyl (C=O) groups excluding carboxylic acids is 1. The summed E-state index contributed by atoms with van der Waals surface area (Å²) in [6.07, 6.45) is 4.79. The quantitative estimate of drug-likeness (QED) is 0.825. The first kappa shape index (κ1) is 15.5. The van der Waals surface area contributed by atoms with Gasteiger partial charge >= 0.3 is 0 Å². The van der Waals surface area contributed by atoms with Crippen LogP contribution in [-0.4, -0.2) is 36.0 Å². The summed E-state index contributed by atoms with van der Waals surface area (Å²) in [4.78, 5) is 16.2. The molecule has 7 nitrogen and oxygen atoms in total. The number of hydrogen-bond donors (Lipinski definition) is 2. The molecule has 1 amide bonds. The van der Waals surface area contributed by atoms with Gasteiger partial charge in [-0.1, -0.05) is 6.07 Å². The normalized spacial score (nSPS) is 13.3. The number of nitrogens with zero attached hydrogens (tertiary/aromatic N) is 2. The predicted octanol–water partition coefficient (Wildman–Crippen LogP) is 0.197. The SMILES string of the molecule is Cc1ccc2nc(CNC(=O)[C@H](C)NS(C)(=O)=O)cn2c1. The highest BCUT2D eigenvalue weighted by atomic mass is 32.2. The van der Waals surface area contributed by atoms with Crippen molar-refractivity contribution in [1.29, 1.82) is 0 Å². The predicted molar refractivity (Wildman–Crippen MR) is 79.2 cm³/mol. The van der Waals surface area contributed by atoms with Gasteiger partial charge < -0.3 is 9.72 Å². The second-order valence-corrected chi connectivity index (χ2v) is 6.81. The number of aryl methyl sites for hydroxylation is 1. The van der Waals surface area contributed by atoms with Crippen LogP contribution in [0.15, 0.2) is 24.5 Å². The highest BCUT2D eigenvalue weighted by Crippen LogP contribution is 2.07. The lowest BCUT2D eigenvalue weighted by Crippen LogP contribution is -2.44. The van der Waals surface area contributed by atoms with Crippen LogP contribution in [0.5, 0.6) is 0 Å². The molecule has 2 heterocycles. The Morgan fingerprint density at radius 2 is 2.10 bits per heavy atom. The Labute approximate surface area is 123 Å². The Balaban J connectivity index is 1.99. The van der Waals surface area contributed by atoms with Gasteiger partial charge in [0.25, 0.3) is 0 Å². The second-order valence-electron chi connectivity index (χ2n) is 5.03. The van der Waals surface area contributed by atoms with Crippen molar-refractivity contribution in [3.8, 4) is 0 Å². The van der Waals surface area contributed by atoms with Crippen LogP contribution in [0.2, 0.25) is 0 Å². The van der Waals surface area contributed by atoms with Crippen molar-refractivity contribution in [1.82, 2.24) is 19.4 Å². The van der Waals surface area contributed by atoms with Gasteiger partial charge in [-0.15, -0.1) is 0 Å². The first-order chi connectivity index (χ1) is 9.74. The summed E-state index contributed by atoms with van der Waals surface area (Å²) < 4.78 is 26.2. The Bertz CT molecular complexity index is 767. The summed E-state index contributed by atoms with van der Waals surface area (Å²) in [6, 6.07) is 3.04. The summed E-state index contributed by atoms with van der Waals surface area (Å²) in [5.41, 5.74) is 2.62. The number of amides is 1. The molecule has 0 fully saturated rings. The van der Waals surface area contributed by atoms with Crippen LogP contribution in [0.1, 0.15) is 18.2 Å². The van der Waals surface area contributed by atoms with Crippen molar-refractivity contribution in [2.24, 2.45) is 0 Å². The zero-order valence-electron chi connectivity index (χ0n) is 12.1. The molecule has 2 aromatic heterocycles. The lowest BCUT2D eigenvalue weighted by molar-refractivity contribution is -0.122. The van der Waals surface area contributed by atoms with Gasteiger partial charge in [-0.3, -0.25) is 4.79 Å². The van der Waals surface area contributed by atoms with Crippen LogP contribution in [0.25, 0.3) is 5.65 Å². The largest absolute Gasteiger partial charge is 0.349 e. The number of fused-ring (bicyclic) bond motifs is 1. The average molecular weight is 310 g/mol. The lowest BCUT2D eigenvalue weighted by atomic mass is 10.3. The zero-order chi connectivity index (χ0) is 15.6. The van der Waals surface area contributed by atoms with Gasteiger partial charge in [-0.05, 0) is 25.5 Å². The highest BCUT2D eigenvalue weighted by molar-refractivity contribution is 7.88. The summed E-state index contributed by atoms with van der Waals surface area (Å²) in [5, 5.41) is 2.66. The average Bonchev–Trinajstić information content (AvgIpc) is 2.75. The molecule has 114 valence electrons. The monoisotopic (exact) mass is 310 g/mol. The number of pyridine rings is 1.